The highest BCUT2D eigenvalue weighted by Gasteiger charge is 2.11. The Morgan fingerprint density at radius 2 is 2.22 bits per heavy atom. The zero-order valence-electron chi connectivity index (χ0n) is 9.74. The Morgan fingerprint density at radius 1 is 1.39 bits per heavy atom. The van der Waals surface area contributed by atoms with Gasteiger partial charge in [0.1, 0.15) is 12.4 Å². The third-order valence-corrected chi connectivity index (χ3v) is 3.43. The van der Waals surface area contributed by atoms with Crippen molar-refractivity contribution in [1.29, 1.82) is 0 Å². The van der Waals surface area contributed by atoms with E-state index in [1.165, 1.54) is 11.3 Å². The average molecular weight is 303 g/mol. The molecular formula is C12H12Cl2N2OS. The topological polar surface area (TPSA) is 34.1 Å². The number of hydrogen-bond acceptors (Lipinski definition) is 4. The Kier molecular flexibility index (Phi) is 4.83. The van der Waals surface area contributed by atoms with Crippen molar-refractivity contribution in [2.24, 2.45) is 0 Å². The molecule has 0 aliphatic carbocycles. The van der Waals surface area contributed by atoms with Gasteiger partial charge in [0.05, 0.1) is 16.2 Å². The minimum absolute atomic E-state index is 0.404. The standard InChI is InChI=1S/C12H12Cl2N2OS/c1-15-4-8-2-9(13)3-11(14)12(8)17-5-10-6-18-7-16-10/h2-3,6-7,15H,4-5H2,1H3. The van der Waals surface area contributed by atoms with Crippen LogP contribution in [0.3, 0.4) is 0 Å². The zero-order chi connectivity index (χ0) is 13.0. The van der Waals surface area contributed by atoms with Crippen LogP contribution in [-0.2, 0) is 13.2 Å². The summed E-state index contributed by atoms with van der Waals surface area (Å²) in [4.78, 5) is 4.16. The van der Waals surface area contributed by atoms with E-state index in [4.69, 9.17) is 27.9 Å². The molecule has 3 nitrogen and oxygen atoms in total. The van der Waals surface area contributed by atoms with Gasteiger partial charge >= 0.3 is 0 Å². The van der Waals surface area contributed by atoms with Crippen LogP contribution in [0.1, 0.15) is 11.3 Å². The molecule has 0 fully saturated rings. The monoisotopic (exact) mass is 302 g/mol. The molecule has 0 aliphatic rings. The van der Waals surface area contributed by atoms with Gasteiger partial charge in [-0.25, -0.2) is 4.98 Å². The van der Waals surface area contributed by atoms with Gasteiger partial charge < -0.3 is 10.1 Å². The van der Waals surface area contributed by atoms with Crippen LogP contribution in [0.15, 0.2) is 23.0 Å². The van der Waals surface area contributed by atoms with Gasteiger partial charge in [0.15, 0.2) is 0 Å². The molecule has 18 heavy (non-hydrogen) atoms. The first-order chi connectivity index (χ1) is 8.70. The molecule has 2 rings (SSSR count). The summed E-state index contributed by atoms with van der Waals surface area (Å²) >= 11 is 13.7. The van der Waals surface area contributed by atoms with Crippen LogP contribution >= 0.6 is 34.5 Å². The minimum atomic E-state index is 0.404. The van der Waals surface area contributed by atoms with Gasteiger partial charge in [-0.05, 0) is 19.2 Å². The maximum Gasteiger partial charge on any atom is 0.143 e. The van der Waals surface area contributed by atoms with Crippen LogP contribution in [0.25, 0.3) is 0 Å². The van der Waals surface area contributed by atoms with Crippen molar-refractivity contribution >= 4 is 34.5 Å². The lowest BCUT2D eigenvalue weighted by molar-refractivity contribution is 0.298. The quantitative estimate of drug-likeness (QED) is 0.913. The van der Waals surface area contributed by atoms with Crippen molar-refractivity contribution in [3.05, 3.63) is 44.3 Å². The van der Waals surface area contributed by atoms with E-state index in [-0.39, 0.29) is 0 Å². The van der Waals surface area contributed by atoms with E-state index in [1.807, 2.05) is 18.5 Å². The number of nitrogens with one attached hydrogen (secondary N) is 1. The van der Waals surface area contributed by atoms with Crippen LogP contribution in [-0.4, -0.2) is 12.0 Å². The molecule has 0 radical (unpaired) electrons. The first-order valence-corrected chi connectivity index (χ1v) is 7.03. The van der Waals surface area contributed by atoms with E-state index in [9.17, 15) is 0 Å². The Balaban J connectivity index is 2.19. The summed E-state index contributed by atoms with van der Waals surface area (Å²) in [6, 6.07) is 3.53. The van der Waals surface area contributed by atoms with Gasteiger partial charge in [-0.3, -0.25) is 0 Å². The van der Waals surface area contributed by atoms with Gasteiger partial charge in [-0.15, -0.1) is 11.3 Å². The maximum atomic E-state index is 6.16. The Labute approximate surface area is 120 Å². The third-order valence-electron chi connectivity index (χ3n) is 2.30. The molecule has 2 aromatic rings. The van der Waals surface area contributed by atoms with Crippen molar-refractivity contribution in [3.8, 4) is 5.75 Å². The maximum absolute atomic E-state index is 6.16. The van der Waals surface area contributed by atoms with Crippen LogP contribution < -0.4 is 10.1 Å². The summed E-state index contributed by atoms with van der Waals surface area (Å²) in [5, 5.41) is 6.13. The van der Waals surface area contributed by atoms with Crippen molar-refractivity contribution in [2.75, 3.05) is 7.05 Å². The van der Waals surface area contributed by atoms with Crippen LogP contribution in [0.5, 0.6) is 5.75 Å². The molecule has 1 aromatic carbocycles. The van der Waals surface area contributed by atoms with E-state index in [1.54, 1.807) is 11.6 Å². The summed E-state index contributed by atoms with van der Waals surface area (Å²) in [5.41, 5.74) is 3.60. The van der Waals surface area contributed by atoms with E-state index in [2.05, 4.69) is 10.3 Å². The molecule has 1 heterocycles. The predicted molar refractivity (Wildman–Crippen MR) is 75.7 cm³/mol. The van der Waals surface area contributed by atoms with E-state index in [0.717, 1.165) is 11.3 Å². The van der Waals surface area contributed by atoms with Crippen LogP contribution in [0, 0.1) is 0 Å². The zero-order valence-corrected chi connectivity index (χ0v) is 12.1. The molecule has 96 valence electrons. The van der Waals surface area contributed by atoms with Gasteiger partial charge in [0, 0.05) is 22.5 Å². The summed E-state index contributed by atoms with van der Waals surface area (Å²) in [6.45, 7) is 1.05. The highest BCUT2D eigenvalue weighted by molar-refractivity contribution is 7.07. The first-order valence-electron chi connectivity index (χ1n) is 5.33. The van der Waals surface area contributed by atoms with Crippen molar-refractivity contribution in [2.45, 2.75) is 13.2 Å². The second-order valence-electron chi connectivity index (χ2n) is 3.67. The predicted octanol–water partition coefficient (Wildman–Crippen LogP) is 3.75. The van der Waals surface area contributed by atoms with Gasteiger partial charge in [-0.1, -0.05) is 23.2 Å². The van der Waals surface area contributed by atoms with Crippen LogP contribution in [0.2, 0.25) is 10.0 Å². The molecular weight excluding hydrogens is 291 g/mol. The highest BCUT2D eigenvalue weighted by atomic mass is 35.5. The summed E-state index contributed by atoms with van der Waals surface area (Å²) in [6.07, 6.45) is 0. The summed E-state index contributed by atoms with van der Waals surface area (Å²) in [7, 11) is 1.86. The molecule has 0 aliphatic heterocycles. The molecule has 0 saturated heterocycles. The number of aromatic nitrogens is 1. The molecule has 1 aromatic heterocycles. The minimum Gasteiger partial charge on any atom is -0.485 e. The molecule has 0 amide bonds. The van der Waals surface area contributed by atoms with Gasteiger partial charge in [0.25, 0.3) is 0 Å². The summed E-state index contributed by atoms with van der Waals surface area (Å²) in [5.74, 6) is 0.656. The smallest absolute Gasteiger partial charge is 0.143 e. The number of hydrogen-bond donors (Lipinski definition) is 1. The normalized spacial score (nSPS) is 10.6. The highest BCUT2D eigenvalue weighted by Crippen LogP contribution is 2.33. The lowest BCUT2D eigenvalue weighted by atomic mass is 10.2. The van der Waals surface area contributed by atoms with Gasteiger partial charge in [-0.2, -0.15) is 0 Å². The molecule has 0 saturated carbocycles. The lowest BCUT2D eigenvalue weighted by Gasteiger charge is -2.13. The largest absolute Gasteiger partial charge is 0.485 e. The Morgan fingerprint density at radius 3 is 2.89 bits per heavy atom. The van der Waals surface area contributed by atoms with E-state index < -0.39 is 0 Å². The molecule has 0 spiro atoms. The second-order valence-corrected chi connectivity index (χ2v) is 5.24. The average Bonchev–Trinajstić information content (AvgIpc) is 2.81. The SMILES string of the molecule is CNCc1cc(Cl)cc(Cl)c1OCc1cscn1. The van der Waals surface area contributed by atoms with Crippen molar-refractivity contribution < 1.29 is 4.74 Å². The third kappa shape index (κ3) is 3.36. The molecule has 0 bridgehead atoms. The number of nitrogens with zero attached hydrogens (tertiary/aromatic N) is 1. The molecule has 1 N–H and O–H groups in total. The Hall–Kier alpha value is -0.810. The first kappa shape index (κ1) is 13.6. The van der Waals surface area contributed by atoms with Gasteiger partial charge in [0.2, 0.25) is 0 Å². The number of thiazole rings is 1. The fourth-order valence-electron chi connectivity index (χ4n) is 1.55. The number of rotatable bonds is 5. The Bertz CT molecular complexity index is 517. The summed E-state index contributed by atoms with van der Waals surface area (Å²) < 4.78 is 5.73. The lowest BCUT2D eigenvalue weighted by Crippen LogP contribution is -2.08. The van der Waals surface area contributed by atoms with E-state index in [0.29, 0.717) is 28.9 Å². The number of halogens is 2. The van der Waals surface area contributed by atoms with E-state index >= 15 is 0 Å². The fraction of sp³-hybridized carbons (Fsp3) is 0.250. The number of ether oxygens (including phenoxy) is 1. The molecule has 6 heteroatoms. The van der Waals surface area contributed by atoms with Crippen molar-refractivity contribution in [1.82, 2.24) is 10.3 Å². The fourth-order valence-corrected chi connectivity index (χ4v) is 2.69. The molecule has 0 unspecified atom stereocenters. The van der Waals surface area contributed by atoms with Crippen molar-refractivity contribution in [3.63, 3.8) is 0 Å². The molecule has 0 atom stereocenters. The van der Waals surface area contributed by atoms with Crippen LogP contribution in [0.4, 0.5) is 0 Å². The second kappa shape index (κ2) is 6.38. The number of benzene rings is 1.